The van der Waals surface area contributed by atoms with Gasteiger partial charge < -0.3 is 9.80 Å². The maximum absolute atomic E-state index is 13.6. The van der Waals surface area contributed by atoms with Crippen LogP contribution in [0.15, 0.2) is 41.8 Å². The van der Waals surface area contributed by atoms with Crippen molar-refractivity contribution in [3.63, 3.8) is 0 Å². The van der Waals surface area contributed by atoms with Crippen molar-refractivity contribution in [3.05, 3.63) is 63.7 Å². The van der Waals surface area contributed by atoms with E-state index < -0.39 is 0 Å². The molecular weight excluding hydrogens is 421 g/mol. The normalized spacial score (nSPS) is 15.3. The first-order chi connectivity index (χ1) is 15.5. The van der Waals surface area contributed by atoms with Crippen molar-refractivity contribution >= 4 is 17.2 Å². The Kier molecular flexibility index (Phi) is 7.28. The first kappa shape index (κ1) is 23.0. The van der Waals surface area contributed by atoms with E-state index in [0.717, 1.165) is 57.1 Å². The highest BCUT2D eigenvalue weighted by molar-refractivity contribution is 7.09. The third-order valence-corrected chi connectivity index (χ3v) is 7.14. The zero-order chi connectivity index (χ0) is 22.7. The van der Waals surface area contributed by atoms with Crippen molar-refractivity contribution in [2.24, 2.45) is 0 Å². The number of rotatable bonds is 8. The van der Waals surface area contributed by atoms with Gasteiger partial charge in [0.25, 0.3) is 0 Å². The molecule has 1 saturated heterocycles. The molecule has 0 atom stereocenters. The predicted molar refractivity (Wildman–Crippen MR) is 131 cm³/mol. The van der Waals surface area contributed by atoms with E-state index in [-0.39, 0.29) is 5.82 Å². The summed E-state index contributed by atoms with van der Waals surface area (Å²) in [4.78, 5) is 8.74. The monoisotopic (exact) mass is 455 g/mol. The summed E-state index contributed by atoms with van der Waals surface area (Å²) < 4.78 is 15.7. The lowest BCUT2D eigenvalue weighted by molar-refractivity contribution is 0.205. The molecule has 1 aromatic carbocycles. The molecule has 4 rings (SSSR count). The van der Waals surface area contributed by atoms with Gasteiger partial charge in [-0.1, -0.05) is 13.0 Å². The van der Waals surface area contributed by atoms with Gasteiger partial charge in [0, 0.05) is 55.8 Å². The van der Waals surface area contributed by atoms with Crippen LogP contribution >= 0.6 is 11.3 Å². The summed E-state index contributed by atoms with van der Waals surface area (Å²) in [6.07, 6.45) is 0.870. The molecule has 1 aliphatic heterocycles. The van der Waals surface area contributed by atoms with Crippen LogP contribution in [0.4, 0.5) is 10.2 Å². The minimum atomic E-state index is -0.222. The maximum Gasteiger partial charge on any atom is 0.137 e. The second-order valence-electron chi connectivity index (χ2n) is 8.86. The molecule has 0 unspecified atom stereocenters. The van der Waals surface area contributed by atoms with Crippen molar-refractivity contribution in [3.8, 4) is 5.69 Å². The standard InChI is InChI=1S/C25H34FN5S/c1-5-24-23(18-30(19(2)3)17-22-7-6-16-32-22)25(29-14-12-28(4)13-15-29)31(27-24)21-10-8-20(26)9-11-21/h6-11,16,19H,5,12-15,17-18H2,1-4H3. The van der Waals surface area contributed by atoms with E-state index in [4.69, 9.17) is 5.10 Å². The molecule has 32 heavy (non-hydrogen) atoms. The smallest absolute Gasteiger partial charge is 0.137 e. The van der Waals surface area contributed by atoms with Gasteiger partial charge >= 0.3 is 0 Å². The van der Waals surface area contributed by atoms with Crippen LogP contribution in [0.3, 0.4) is 0 Å². The molecule has 3 heterocycles. The Morgan fingerprint density at radius 3 is 2.38 bits per heavy atom. The van der Waals surface area contributed by atoms with Crippen LogP contribution in [-0.2, 0) is 19.5 Å². The highest BCUT2D eigenvalue weighted by Gasteiger charge is 2.27. The van der Waals surface area contributed by atoms with Crippen LogP contribution in [0.25, 0.3) is 5.69 Å². The lowest BCUT2D eigenvalue weighted by Crippen LogP contribution is -2.45. The van der Waals surface area contributed by atoms with Crippen LogP contribution in [0, 0.1) is 5.82 Å². The lowest BCUT2D eigenvalue weighted by atomic mass is 10.1. The summed E-state index contributed by atoms with van der Waals surface area (Å²) in [6, 6.07) is 11.5. The molecule has 1 aliphatic rings. The van der Waals surface area contributed by atoms with E-state index in [9.17, 15) is 4.39 Å². The molecule has 0 saturated carbocycles. The molecule has 1 fully saturated rings. The van der Waals surface area contributed by atoms with Gasteiger partial charge in [-0.3, -0.25) is 4.90 Å². The van der Waals surface area contributed by atoms with E-state index >= 15 is 0 Å². The minimum Gasteiger partial charge on any atom is -0.354 e. The fraction of sp³-hybridized carbons (Fsp3) is 0.480. The van der Waals surface area contributed by atoms with Crippen molar-refractivity contribution in [1.82, 2.24) is 19.6 Å². The Balaban J connectivity index is 1.76. The van der Waals surface area contributed by atoms with Crippen LogP contribution in [0.1, 0.15) is 36.9 Å². The van der Waals surface area contributed by atoms with E-state index in [1.807, 2.05) is 28.2 Å². The number of likely N-dealkylation sites (N-methyl/N-ethyl adjacent to an activating group) is 1. The average Bonchev–Trinajstić information content (AvgIpc) is 3.42. The molecule has 7 heteroatoms. The number of halogens is 1. The number of benzene rings is 1. The van der Waals surface area contributed by atoms with Gasteiger partial charge in [-0.15, -0.1) is 11.3 Å². The summed E-state index contributed by atoms with van der Waals surface area (Å²) >= 11 is 1.81. The first-order valence-corrected chi connectivity index (χ1v) is 12.4. The average molecular weight is 456 g/mol. The number of hydrogen-bond acceptors (Lipinski definition) is 5. The van der Waals surface area contributed by atoms with E-state index in [1.165, 1.54) is 28.4 Å². The fourth-order valence-corrected chi connectivity index (χ4v) is 4.99. The highest BCUT2D eigenvalue weighted by Crippen LogP contribution is 2.31. The predicted octanol–water partition coefficient (Wildman–Crippen LogP) is 4.80. The Hall–Kier alpha value is -2.22. The zero-order valence-electron chi connectivity index (χ0n) is 19.6. The summed E-state index contributed by atoms with van der Waals surface area (Å²) in [5.41, 5.74) is 3.34. The van der Waals surface area contributed by atoms with E-state index in [0.29, 0.717) is 6.04 Å². The van der Waals surface area contributed by atoms with Crippen LogP contribution < -0.4 is 4.90 Å². The second-order valence-corrected chi connectivity index (χ2v) is 9.89. The number of aryl methyl sites for hydroxylation is 1. The van der Waals surface area contributed by atoms with Crippen molar-refractivity contribution < 1.29 is 4.39 Å². The Bertz CT molecular complexity index is 988. The SMILES string of the molecule is CCc1nn(-c2ccc(F)cc2)c(N2CCN(C)CC2)c1CN(Cc1cccs1)C(C)C. The van der Waals surface area contributed by atoms with Gasteiger partial charge in [-0.05, 0) is 63.0 Å². The van der Waals surface area contributed by atoms with Gasteiger partial charge in [0.15, 0.2) is 0 Å². The molecule has 0 N–H and O–H groups in total. The number of anilines is 1. The molecule has 3 aromatic rings. The quantitative estimate of drug-likeness (QED) is 0.488. The third-order valence-electron chi connectivity index (χ3n) is 6.28. The number of hydrogen-bond donors (Lipinski definition) is 0. The van der Waals surface area contributed by atoms with Crippen molar-refractivity contribution in [2.45, 2.75) is 46.3 Å². The summed E-state index contributed by atoms with van der Waals surface area (Å²) in [6.45, 7) is 12.5. The fourth-order valence-electron chi connectivity index (χ4n) is 4.26. The lowest BCUT2D eigenvalue weighted by Gasteiger charge is -2.35. The minimum absolute atomic E-state index is 0.222. The second kappa shape index (κ2) is 10.1. The topological polar surface area (TPSA) is 27.5 Å². The number of piperazine rings is 1. The van der Waals surface area contributed by atoms with Gasteiger partial charge in [0.05, 0.1) is 11.4 Å². The molecule has 0 amide bonds. The van der Waals surface area contributed by atoms with Crippen LogP contribution in [-0.4, -0.2) is 58.8 Å². The number of thiophene rings is 1. The highest BCUT2D eigenvalue weighted by atomic mass is 32.1. The van der Waals surface area contributed by atoms with Gasteiger partial charge in [0.1, 0.15) is 11.6 Å². The van der Waals surface area contributed by atoms with Crippen LogP contribution in [0.5, 0.6) is 0 Å². The van der Waals surface area contributed by atoms with Gasteiger partial charge in [-0.25, -0.2) is 9.07 Å². The summed E-state index contributed by atoms with van der Waals surface area (Å²) in [7, 11) is 2.18. The number of nitrogens with zero attached hydrogens (tertiary/aromatic N) is 5. The molecular formula is C25H34FN5S. The van der Waals surface area contributed by atoms with Gasteiger partial charge in [-0.2, -0.15) is 5.10 Å². The van der Waals surface area contributed by atoms with Crippen molar-refractivity contribution in [1.29, 1.82) is 0 Å². The molecule has 172 valence electrons. The molecule has 0 bridgehead atoms. The molecule has 0 radical (unpaired) electrons. The van der Waals surface area contributed by atoms with E-state index in [1.54, 1.807) is 0 Å². The summed E-state index contributed by atoms with van der Waals surface area (Å²) in [5, 5.41) is 7.19. The number of aromatic nitrogens is 2. The van der Waals surface area contributed by atoms with Gasteiger partial charge in [0.2, 0.25) is 0 Å². The largest absolute Gasteiger partial charge is 0.354 e. The molecule has 2 aromatic heterocycles. The van der Waals surface area contributed by atoms with Crippen molar-refractivity contribution in [2.75, 3.05) is 38.1 Å². The molecule has 0 spiro atoms. The Labute approximate surface area is 195 Å². The van der Waals surface area contributed by atoms with E-state index in [2.05, 4.69) is 60.0 Å². The third kappa shape index (κ3) is 5.05. The Morgan fingerprint density at radius 2 is 1.78 bits per heavy atom. The first-order valence-electron chi connectivity index (χ1n) is 11.5. The summed E-state index contributed by atoms with van der Waals surface area (Å²) in [5.74, 6) is 0.943. The van der Waals surface area contributed by atoms with Crippen LogP contribution in [0.2, 0.25) is 0 Å². The maximum atomic E-state index is 13.6. The Morgan fingerprint density at radius 1 is 1.06 bits per heavy atom. The molecule has 5 nitrogen and oxygen atoms in total. The molecule has 0 aliphatic carbocycles. The zero-order valence-corrected chi connectivity index (χ0v) is 20.4.